The smallest absolute Gasteiger partial charge is 0.224 e. The lowest BCUT2D eigenvalue weighted by Crippen LogP contribution is -2.44. The maximum absolute atomic E-state index is 11.7. The molecule has 0 saturated heterocycles. The minimum Gasteiger partial charge on any atom is -0.353 e. The van der Waals surface area contributed by atoms with Gasteiger partial charge in [-0.2, -0.15) is 0 Å². The number of rotatable bonds is 5. The molecule has 0 heterocycles. The first kappa shape index (κ1) is 11.5. The van der Waals surface area contributed by atoms with Crippen molar-refractivity contribution in [1.29, 1.82) is 0 Å². The highest BCUT2D eigenvalue weighted by Crippen LogP contribution is 2.19. The van der Waals surface area contributed by atoms with Crippen molar-refractivity contribution in [2.45, 2.75) is 45.6 Å². The molecule has 1 unspecified atom stereocenters. The molecule has 0 aromatic carbocycles. The summed E-state index contributed by atoms with van der Waals surface area (Å²) in [6.45, 7) is 4.72. The molecule has 3 N–H and O–H groups in total. The first-order valence-electron chi connectivity index (χ1n) is 5.64. The Balaban J connectivity index is 2.30. The van der Waals surface area contributed by atoms with Gasteiger partial charge in [0.2, 0.25) is 5.91 Å². The van der Waals surface area contributed by atoms with Crippen molar-refractivity contribution in [3.05, 3.63) is 0 Å². The SMILES string of the molecule is CC(C)CC(CN)C(=O)NC1CCC1. The number of amides is 1. The summed E-state index contributed by atoms with van der Waals surface area (Å²) in [5, 5.41) is 3.05. The number of hydrogen-bond acceptors (Lipinski definition) is 2. The van der Waals surface area contributed by atoms with E-state index in [9.17, 15) is 4.79 Å². The fourth-order valence-corrected chi connectivity index (χ4v) is 1.75. The van der Waals surface area contributed by atoms with Gasteiger partial charge in [-0.15, -0.1) is 0 Å². The van der Waals surface area contributed by atoms with Crippen molar-refractivity contribution in [2.75, 3.05) is 6.54 Å². The Morgan fingerprint density at radius 1 is 1.50 bits per heavy atom. The minimum absolute atomic E-state index is 0.00981. The lowest BCUT2D eigenvalue weighted by atomic mass is 9.91. The molecule has 0 aromatic rings. The van der Waals surface area contributed by atoms with E-state index in [1.54, 1.807) is 0 Å². The molecule has 1 saturated carbocycles. The molecular formula is C11H22N2O. The van der Waals surface area contributed by atoms with Crippen molar-refractivity contribution in [2.24, 2.45) is 17.6 Å². The van der Waals surface area contributed by atoms with Crippen molar-refractivity contribution < 1.29 is 4.79 Å². The second kappa shape index (κ2) is 5.35. The maximum atomic E-state index is 11.7. The van der Waals surface area contributed by atoms with Gasteiger partial charge in [0, 0.05) is 12.6 Å². The van der Waals surface area contributed by atoms with Gasteiger partial charge in [0.05, 0.1) is 5.92 Å². The van der Waals surface area contributed by atoms with Crippen LogP contribution >= 0.6 is 0 Å². The van der Waals surface area contributed by atoms with Gasteiger partial charge in [-0.1, -0.05) is 13.8 Å². The summed E-state index contributed by atoms with van der Waals surface area (Å²) in [5.74, 6) is 0.706. The monoisotopic (exact) mass is 198 g/mol. The molecule has 1 aliphatic carbocycles. The van der Waals surface area contributed by atoms with Crippen LogP contribution < -0.4 is 11.1 Å². The lowest BCUT2D eigenvalue weighted by molar-refractivity contribution is -0.126. The molecule has 0 aromatic heterocycles. The van der Waals surface area contributed by atoms with Crippen molar-refractivity contribution >= 4 is 5.91 Å². The Hall–Kier alpha value is -0.570. The zero-order chi connectivity index (χ0) is 10.6. The summed E-state index contributed by atoms with van der Waals surface area (Å²) in [7, 11) is 0. The highest BCUT2D eigenvalue weighted by Gasteiger charge is 2.24. The fourth-order valence-electron chi connectivity index (χ4n) is 1.75. The number of carbonyl (C=O) groups is 1. The Kier molecular flexibility index (Phi) is 4.39. The predicted octanol–water partition coefficient (Wildman–Crippen LogP) is 1.28. The minimum atomic E-state index is 0.00981. The van der Waals surface area contributed by atoms with E-state index >= 15 is 0 Å². The summed E-state index contributed by atoms with van der Waals surface area (Å²) >= 11 is 0. The van der Waals surface area contributed by atoms with E-state index in [1.165, 1.54) is 6.42 Å². The molecule has 14 heavy (non-hydrogen) atoms. The highest BCUT2D eigenvalue weighted by atomic mass is 16.1. The van der Waals surface area contributed by atoms with Gasteiger partial charge < -0.3 is 11.1 Å². The average molecular weight is 198 g/mol. The standard InChI is InChI=1S/C11H22N2O/c1-8(2)6-9(7-12)11(14)13-10-4-3-5-10/h8-10H,3-7,12H2,1-2H3,(H,13,14). The Bertz CT molecular complexity index is 188. The molecule has 0 radical (unpaired) electrons. The van der Waals surface area contributed by atoms with Crippen molar-refractivity contribution in [1.82, 2.24) is 5.32 Å². The topological polar surface area (TPSA) is 55.1 Å². The van der Waals surface area contributed by atoms with E-state index in [0.29, 0.717) is 18.5 Å². The first-order valence-corrected chi connectivity index (χ1v) is 5.64. The number of carbonyl (C=O) groups excluding carboxylic acids is 1. The number of hydrogen-bond donors (Lipinski definition) is 2. The predicted molar refractivity (Wildman–Crippen MR) is 57.8 cm³/mol. The third-order valence-corrected chi connectivity index (χ3v) is 2.86. The zero-order valence-corrected chi connectivity index (χ0v) is 9.25. The van der Waals surface area contributed by atoms with Crippen LogP contribution in [0.25, 0.3) is 0 Å². The maximum Gasteiger partial charge on any atom is 0.224 e. The summed E-state index contributed by atoms with van der Waals surface area (Å²) in [6, 6.07) is 0.434. The first-order chi connectivity index (χ1) is 6.63. The molecule has 1 atom stereocenters. The van der Waals surface area contributed by atoms with Gasteiger partial charge in [0.25, 0.3) is 0 Å². The molecule has 1 rings (SSSR count). The number of nitrogens with one attached hydrogen (secondary N) is 1. The molecule has 1 amide bonds. The van der Waals surface area contributed by atoms with Gasteiger partial charge in [0.15, 0.2) is 0 Å². The Labute approximate surface area is 86.4 Å². The van der Waals surface area contributed by atoms with Gasteiger partial charge in [-0.05, 0) is 31.6 Å². The van der Waals surface area contributed by atoms with Crippen LogP contribution in [0, 0.1) is 11.8 Å². The van der Waals surface area contributed by atoms with Crippen LogP contribution in [0.4, 0.5) is 0 Å². The Morgan fingerprint density at radius 2 is 2.14 bits per heavy atom. The molecule has 3 nitrogen and oxygen atoms in total. The molecule has 0 bridgehead atoms. The number of nitrogens with two attached hydrogens (primary N) is 1. The summed E-state index contributed by atoms with van der Waals surface area (Å²) in [4.78, 5) is 11.7. The van der Waals surface area contributed by atoms with Crippen LogP contribution in [0.1, 0.15) is 39.5 Å². The molecule has 3 heteroatoms. The molecule has 82 valence electrons. The van der Waals surface area contributed by atoms with E-state index in [-0.39, 0.29) is 11.8 Å². The molecule has 1 aliphatic rings. The summed E-state index contributed by atoms with van der Waals surface area (Å²) in [5.41, 5.74) is 5.60. The average Bonchev–Trinajstić information content (AvgIpc) is 2.06. The van der Waals surface area contributed by atoms with E-state index in [0.717, 1.165) is 19.3 Å². The zero-order valence-electron chi connectivity index (χ0n) is 9.25. The van der Waals surface area contributed by atoms with E-state index in [4.69, 9.17) is 5.73 Å². The van der Waals surface area contributed by atoms with Gasteiger partial charge >= 0.3 is 0 Å². The van der Waals surface area contributed by atoms with E-state index < -0.39 is 0 Å². The Morgan fingerprint density at radius 3 is 2.50 bits per heavy atom. The molecular weight excluding hydrogens is 176 g/mol. The fraction of sp³-hybridized carbons (Fsp3) is 0.909. The van der Waals surface area contributed by atoms with Crippen molar-refractivity contribution in [3.63, 3.8) is 0 Å². The largest absolute Gasteiger partial charge is 0.353 e. The van der Waals surface area contributed by atoms with Crippen LogP contribution in [0.5, 0.6) is 0 Å². The van der Waals surface area contributed by atoms with Crippen LogP contribution in [0.15, 0.2) is 0 Å². The van der Waals surface area contributed by atoms with E-state index in [1.807, 2.05) is 0 Å². The van der Waals surface area contributed by atoms with Crippen LogP contribution in [-0.4, -0.2) is 18.5 Å². The van der Waals surface area contributed by atoms with Crippen LogP contribution in [0.3, 0.4) is 0 Å². The summed E-state index contributed by atoms with van der Waals surface area (Å²) < 4.78 is 0. The highest BCUT2D eigenvalue weighted by molar-refractivity contribution is 5.79. The van der Waals surface area contributed by atoms with Gasteiger partial charge in [-0.25, -0.2) is 0 Å². The summed E-state index contributed by atoms with van der Waals surface area (Å²) in [6.07, 6.45) is 4.44. The lowest BCUT2D eigenvalue weighted by Gasteiger charge is -2.28. The third-order valence-electron chi connectivity index (χ3n) is 2.86. The van der Waals surface area contributed by atoms with Crippen LogP contribution in [-0.2, 0) is 4.79 Å². The van der Waals surface area contributed by atoms with Crippen molar-refractivity contribution in [3.8, 4) is 0 Å². The molecule has 0 aliphatic heterocycles. The van der Waals surface area contributed by atoms with Crippen LogP contribution in [0.2, 0.25) is 0 Å². The van der Waals surface area contributed by atoms with Gasteiger partial charge in [0.1, 0.15) is 0 Å². The molecule has 0 spiro atoms. The second-order valence-electron chi connectivity index (χ2n) is 4.70. The molecule has 1 fully saturated rings. The third kappa shape index (κ3) is 3.29. The van der Waals surface area contributed by atoms with Gasteiger partial charge in [-0.3, -0.25) is 4.79 Å². The second-order valence-corrected chi connectivity index (χ2v) is 4.70. The normalized spacial score (nSPS) is 19.1. The van der Waals surface area contributed by atoms with E-state index in [2.05, 4.69) is 19.2 Å². The quantitative estimate of drug-likeness (QED) is 0.699.